The maximum Gasteiger partial charge on any atom is 0.337 e. The summed E-state index contributed by atoms with van der Waals surface area (Å²) < 4.78 is 4.68. The number of amides is 1. The molecular formula is C23H19NO5. The van der Waals surface area contributed by atoms with Crippen LogP contribution in [0.5, 0.6) is 0 Å². The molecule has 0 aliphatic rings. The Morgan fingerprint density at radius 3 is 1.93 bits per heavy atom. The van der Waals surface area contributed by atoms with Gasteiger partial charge in [0.2, 0.25) is 0 Å². The second-order valence-electron chi connectivity index (χ2n) is 6.13. The monoisotopic (exact) mass is 389 g/mol. The molecule has 29 heavy (non-hydrogen) atoms. The topological polar surface area (TPSA) is 72.9 Å². The van der Waals surface area contributed by atoms with E-state index in [9.17, 15) is 14.4 Å². The fraction of sp³-hybridized carbons (Fsp3) is 0.0870. The standard InChI is InChI=1S/C23H19NO5/c1-28-23(27)19-12-14-20(15-13-19)24(22(26)18-10-6-3-7-11-18)29-21(25)16-17-8-4-2-5-9-17/h2-15H,16H2,1H3. The lowest BCUT2D eigenvalue weighted by atomic mass is 10.1. The van der Waals surface area contributed by atoms with E-state index >= 15 is 0 Å². The SMILES string of the molecule is COC(=O)c1ccc(N(OC(=O)Cc2ccccc2)C(=O)c2ccccc2)cc1. The molecular weight excluding hydrogens is 370 g/mol. The molecule has 6 heteroatoms. The lowest BCUT2D eigenvalue weighted by molar-refractivity contribution is -0.143. The van der Waals surface area contributed by atoms with E-state index in [4.69, 9.17) is 4.84 Å². The van der Waals surface area contributed by atoms with Gasteiger partial charge in [0.15, 0.2) is 0 Å². The molecule has 1 amide bonds. The number of hydrogen-bond acceptors (Lipinski definition) is 5. The fourth-order valence-electron chi connectivity index (χ4n) is 2.66. The average Bonchev–Trinajstić information content (AvgIpc) is 2.78. The number of carbonyl (C=O) groups excluding carboxylic acids is 3. The van der Waals surface area contributed by atoms with Crippen LogP contribution in [0.1, 0.15) is 26.3 Å². The van der Waals surface area contributed by atoms with Crippen LogP contribution < -0.4 is 5.06 Å². The van der Waals surface area contributed by atoms with Gasteiger partial charge in [0.1, 0.15) is 0 Å². The van der Waals surface area contributed by atoms with E-state index in [2.05, 4.69) is 4.74 Å². The van der Waals surface area contributed by atoms with Crippen LogP contribution in [-0.4, -0.2) is 25.0 Å². The Bertz CT molecular complexity index is 985. The molecule has 6 nitrogen and oxygen atoms in total. The quantitative estimate of drug-likeness (QED) is 0.490. The second kappa shape index (κ2) is 9.32. The van der Waals surface area contributed by atoms with Crippen molar-refractivity contribution in [2.24, 2.45) is 0 Å². The Labute approximate surface area is 168 Å². The summed E-state index contributed by atoms with van der Waals surface area (Å²) in [5, 5.41) is 0.932. The van der Waals surface area contributed by atoms with Crippen LogP contribution in [0.4, 0.5) is 5.69 Å². The van der Waals surface area contributed by atoms with Crippen LogP contribution in [0.15, 0.2) is 84.9 Å². The van der Waals surface area contributed by atoms with Crippen molar-refractivity contribution in [2.75, 3.05) is 12.2 Å². The maximum atomic E-state index is 13.0. The number of esters is 1. The smallest absolute Gasteiger partial charge is 0.337 e. The first-order valence-electron chi connectivity index (χ1n) is 8.91. The van der Waals surface area contributed by atoms with E-state index in [0.717, 1.165) is 10.6 Å². The maximum absolute atomic E-state index is 13.0. The molecule has 0 heterocycles. The normalized spacial score (nSPS) is 10.1. The summed E-state index contributed by atoms with van der Waals surface area (Å²) in [5.74, 6) is -1.59. The van der Waals surface area contributed by atoms with Crippen LogP contribution in [0, 0.1) is 0 Å². The molecule has 0 aromatic heterocycles. The number of anilines is 1. The Morgan fingerprint density at radius 2 is 1.34 bits per heavy atom. The van der Waals surface area contributed by atoms with Gasteiger partial charge < -0.3 is 9.57 Å². The Balaban J connectivity index is 1.86. The molecule has 0 N–H and O–H groups in total. The summed E-state index contributed by atoms with van der Waals surface area (Å²) in [6.07, 6.45) is 0.0135. The van der Waals surface area contributed by atoms with E-state index < -0.39 is 17.8 Å². The molecule has 3 rings (SSSR count). The molecule has 3 aromatic rings. The van der Waals surface area contributed by atoms with Crippen LogP contribution in [0.2, 0.25) is 0 Å². The lowest BCUT2D eigenvalue weighted by Crippen LogP contribution is -2.34. The largest absolute Gasteiger partial charge is 0.465 e. The van der Waals surface area contributed by atoms with Crippen molar-refractivity contribution in [2.45, 2.75) is 6.42 Å². The first-order chi connectivity index (χ1) is 14.1. The van der Waals surface area contributed by atoms with Crippen molar-refractivity contribution in [1.82, 2.24) is 0 Å². The predicted molar refractivity (Wildman–Crippen MR) is 107 cm³/mol. The predicted octanol–water partition coefficient (Wildman–Crippen LogP) is 3.82. The van der Waals surface area contributed by atoms with Gasteiger partial charge in [-0.3, -0.25) is 4.79 Å². The lowest BCUT2D eigenvalue weighted by Gasteiger charge is -2.21. The second-order valence-corrected chi connectivity index (χ2v) is 6.13. The summed E-state index contributed by atoms with van der Waals surface area (Å²) >= 11 is 0. The molecule has 0 aliphatic heterocycles. The van der Waals surface area contributed by atoms with E-state index in [-0.39, 0.29) is 6.42 Å². The molecule has 0 atom stereocenters. The Kier molecular flexibility index (Phi) is 6.37. The number of methoxy groups -OCH3 is 1. The van der Waals surface area contributed by atoms with Crippen LogP contribution in [0.3, 0.4) is 0 Å². The van der Waals surface area contributed by atoms with Gasteiger partial charge in [0, 0.05) is 5.56 Å². The number of benzene rings is 3. The molecule has 146 valence electrons. The van der Waals surface area contributed by atoms with Crippen molar-refractivity contribution < 1.29 is 24.0 Å². The Hall–Kier alpha value is -3.93. The third kappa shape index (κ3) is 5.07. The number of nitrogens with zero attached hydrogens (tertiary/aromatic N) is 1. The van der Waals surface area contributed by atoms with Crippen LogP contribution >= 0.6 is 0 Å². The van der Waals surface area contributed by atoms with Gasteiger partial charge in [-0.15, -0.1) is 5.06 Å². The molecule has 0 spiro atoms. The molecule has 0 saturated heterocycles. The highest BCUT2D eigenvalue weighted by Crippen LogP contribution is 2.20. The Morgan fingerprint density at radius 1 is 0.759 bits per heavy atom. The minimum Gasteiger partial charge on any atom is -0.465 e. The van der Waals surface area contributed by atoms with Gasteiger partial charge in [0.25, 0.3) is 5.91 Å². The van der Waals surface area contributed by atoms with E-state index in [0.29, 0.717) is 16.8 Å². The highest BCUT2D eigenvalue weighted by Gasteiger charge is 2.23. The van der Waals surface area contributed by atoms with Crippen molar-refractivity contribution in [1.29, 1.82) is 0 Å². The minimum absolute atomic E-state index is 0.0135. The number of hydrogen-bond donors (Lipinski definition) is 0. The zero-order chi connectivity index (χ0) is 20.6. The van der Waals surface area contributed by atoms with Gasteiger partial charge in [-0.1, -0.05) is 48.5 Å². The summed E-state index contributed by atoms with van der Waals surface area (Å²) in [4.78, 5) is 42.5. The van der Waals surface area contributed by atoms with E-state index in [1.165, 1.54) is 31.4 Å². The third-order valence-corrected chi connectivity index (χ3v) is 4.11. The molecule has 0 saturated carbocycles. The van der Waals surface area contributed by atoms with Crippen molar-refractivity contribution in [3.05, 3.63) is 102 Å². The molecule has 0 unspecified atom stereocenters. The van der Waals surface area contributed by atoms with Crippen LogP contribution in [-0.2, 0) is 20.8 Å². The number of ether oxygens (including phenoxy) is 1. The molecule has 0 aliphatic carbocycles. The highest BCUT2D eigenvalue weighted by atomic mass is 16.7. The van der Waals surface area contributed by atoms with E-state index in [1.54, 1.807) is 42.5 Å². The van der Waals surface area contributed by atoms with Gasteiger partial charge in [-0.25, -0.2) is 9.59 Å². The summed E-state index contributed by atoms with van der Waals surface area (Å²) in [6, 6.07) is 23.6. The van der Waals surface area contributed by atoms with Gasteiger partial charge in [0.05, 0.1) is 24.8 Å². The molecule has 0 bridgehead atoms. The third-order valence-electron chi connectivity index (χ3n) is 4.11. The van der Waals surface area contributed by atoms with E-state index in [1.807, 2.05) is 18.2 Å². The number of hydroxylamine groups is 1. The molecule has 3 aromatic carbocycles. The summed E-state index contributed by atoms with van der Waals surface area (Å²) in [7, 11) is 1.28. The average molecular weight is 389 g/mol. The minimum atomic E-state index is -0.586. The molecule has 0 fully saturated rings. The van der Waals surface area contributed by atoms with Gasteiger partial charge in [-0.2, -0.15) is 0 Å². The zero-order valence-electron chi connectivity index (χ0n) is 15.8. The van der Waals surface area contributed by atoms with Gasteiger partial charge in [-0.05, 0) is 42.0 Å². The zero-order valence-corrected chi connectivity index (χ0v) is 15.8. The van der Waals surface area contributed by atoms with Crippen molar-refractivity contribution >= 4 is 23.5 Å². The number of rotatable bonds is 5. The highest BCUT2D eigenvalue weighted by molar-refractivity contribution is 6.05. The number of carbonyl (C=O) groups is 3. The van der Waals surface area contributed by atoms with Crippen molar-refractivity contribution in [3.8, 4) is 0 Å². The summed E-state index contributed by atoms with van der Waals surface area (Å²) in [6.45, 7) is 0. The van der Waals surface area contributed by atoms with Gasteiger partial charge >= 0.3 is 11.9 Å². The first kappa shape index (κ1) is 19.8. The van der Waals surface area contributed by atoms with Crippen LogP contribution in [0.25, 0.3) is 0 Å². The fourth-order valence-corrected chi connectivity index (χ4v) is 2.66. The summed E-state index contributed by atoms with van der Waals surface area (Å²) in [5.41, 5.74) is 1.76. The molecule has 0 radical (unpaired) electrons. The first-order valence-corrected chi connectivity index (χ1v) is 8.91. The van der Waals surface area contributed by atoms with Crippen molar-refractivity contribution in [3.63, 3.8) is 0 Å².